The number of ether oxygens (including phenoxy) is 2. The normalized spacial score (nSPS) is 13.9. The SMILES string of the molecule is CC1(C)CCc2c(ccc(C(=O)/C=C/c3ccc(OCc4cn(Cc5ccc([N+](=O)[O-])cc5)nn4)cc3)c2O)O1. The summed E-state index contributed by atoms with van der Waals surface area (Å²) in [5.74, 6) is 0.943. The summed E-state index contributed by atoms with van der Waals surface area (Å²) in [7, 11) is 0. The molecular formula is C30H28N4O6. The summed E-state index contributed by atoms with van der Waals surface area (Å²) in [5.41, 5.74) is 2.97. The van der Waals surface area contributed by atoms with E-state index in [9.17, 15) is 20.0 Å². The first-order valence-corrected chi connectivity index (χ1v) is 12.8. The van der Waals surface area contributed by atoms with E-state index in [1.54, 1.807) is 53.4 Å². The molecule has 0 spiro atoms. The van der Waals surface area contributed by atoms with E-state index in [1.807, 2.05) is 26.0 Å². The second kappa shape index (κ2) is 11.0. The van der Waals surface area contributed by atoms with Crippen LogP contribution in [-0.4, -0.2) is 36.4 Å². The fraction of sp³-hybridized carbons (Fsp3) is 0.233. The number of nitro benzene ring substituents is 1. The summed E-state index contributed by atoms with van der Waals surface area (Å²) >= 11 is 0. The Kier molecular flexibility index (Phi) is 7.33. The summed E-state index contributed by atoms with van der Waals surface area (Å²) in [5, 5.41) is 29.7. The van der Waals surface area contributed by atoms with Crippen LogP contribution in [0.4, 0.5) is 5.69 Å². The van der Waals surface area contributed by atoms with Gasteiger partial charge >= 0.3 is 0 Å². The summed E-state index contributed by atoms with van der Waals surface area (Å²) < 4.78 is 13.4. The Hall–Kier alpha value is -4.99. The number of benzene rings is 3. The maximum absolute atomic E-state index is 12.8. The number of carbonyl (C=O) groups excluding carboxylic acids is 1. The lowest BCUT2D eigenvalue weighted by molar-refractivity contribution is -0.384. The predicted molar refractivity (Wildman–Crippen MR) is 147 cm³/mol. The Morgan fingerprint density at radius 2 is 1.90 bits per heavy atom. The molecule has 10 heteroatoms. The molecule has 4 aromatic rings. The molecule has 5 rings (SSSR count). The number of allylic oxidation sites excluding steroid dienone is 1. The molecule has 0 aliphatic carbocycles. The van der Waals surface area contributed by atoms with Gasteiger partial charge in [0.05, 0.1) is 23.2 Å². The fourth-order valence-corrected chi connectivity index (χ4v) is 4.41. The summed E-state index contributed by atoms with van der Waals surface area (Å²) in [4.78, 5) is 23.1. The zero-order valence-electron chi connectivity index (χ0n) is 22.1. The van der Waals surface area contributed by atoms with Crippen LogP contribution < -0.4 is 9.47 Å². The number of hydrogen-bond acceptors (Lipinski definition) is 8. The van der Waals surface area contributed by atoms with Crippen molar-refractivity contribution < 1.29 is 24.3 Å². The van der Waals surface area contributed by atoms with Gasteiger partial charge in [-0.05, 0) is 68.2 Å². The third kappa shape index (κ3) is 6.17. The first-order valence-electron chi connectivity index (χ1n) is 12.8. The van der Waals surface area contributed by atoms with Gasteiger partial charge in [0.2, 0.25) is 0 Å². The van der Waals surface area contributed by atoms with E-state index >= 15 is 0 Å². The number of non-ortho nitro benzene ring substituents is 1. The molecular weight excluding hydrogens is 512 g/mol. The Morgan fingerprint density at radius 1 is 1.15 bits per heavy atom. The Morgan fingerprint density at radius 3 is 2.62 bits per heavy atom. The lowest BCUT2D eigenvalue weighted by Gasteiger charge is -2.33. The van der Waals surface area contributed by atoms with Gasteiger partial charge in [0.15, 0.2) is 5.78 Å². The van der Waals surface area contributed by atoms with Crippen molar-refractivity contribution in [3.05, 3.63) is 111 Å². The second-order valence-corrected chi connectivity index (χ2v) is 10.2. The molecule has 1 aliphatic heterocycles. The van der Waals surface area contributed by atoms with Gasteiger partial charge in [-0.2, -0.15) is 0 Å². The molecule has 1 aliphatic rings. The van der Waals surface area contributed by atoms with Crippen molar-refractivity contribution in [2.75, 3.05) is 0 Å². The number of fused-ring (bicyclic) bond motifs is 1. The molecule has 10 nitrogen and oxygen atoms in total. The molecule has 2 heterocycles. The van der Waals surface area contributed by atoms with Crippen LogP contribution >= 0.6 is 0 Å². The summed E-state index contributed by atoms with van der Waals surface area (Å²) in [6.45, 7) is 4.65. The van der Waals surface area contributed by atoms with Gasteiger partial charge in [-0.1, -0.05) is 35.6 Å². The zero-order chi connectivity index (χ0) is 28.3. The molecule has 3 aromatic carbocycles. The topological polar surface area (TPSA) is 130 Å². The molecule has 1 N–H and O–H groups in total. The highest BCUT2D eigenvalue weighted by molar-refractivity contribution is 6.09. The van der Waals surface area contributed by atoms with Gasteiger partial charge in [0, 0.05) is 17.7 Å². The molecule has 1 aromatic heterocycles. The third-order valence-electron chi connectivity index (χ3n) is 6.64. The van der Waals surface area contributed by atoms with Gasteiger partial charge in [-0.15, -0.1) is 5.10 Å². The van der Waals surface area contributed by atoms with E-state index in [0.29, 0.717) is 35.7 Å². The minimum Gasteiger partial charge on any atom is -0.507 e. The highest BCUT2D eigenvalue weighted by Gasteiger charge is 2.29. The van der Waals surface area contributed by atoms with Crippen LogP contribution in [0.3, 0.4) is 0 Å². The third-order valence-corrected chi connectivity index (χ3v) is 6.64. The number of aromatic nitrogens is 3. The number of nitro groups is 1. The van der Waals surface area contributed by atoms with Crippen LogP contribution in [0, 0.1) is 10.1 Å². The van der Waals surface area contributed by atoms with Crippen molar-refractivity contribution in [1.29, 1.82) is 0 Å². The molecule has 40 heavy (non-hydrogen) atoms. The van der Waals surface area contributed by atoms with Gasteiger partial charge in [-0.25, -0.2) is 4.68 Å². The van der Waals surface area contributed by atoms with Crippen molar-refractivity contribution >= 4 is 17.5 Å². The fourth-order valence-electron chi connectivity index (χ4n) is 4.41. The number of nitrogens with zero attached hydrogens (tertiary/aromatic N) is 4. The van der Waals surface area contributed by atoms with Crippen LogP contribution in [0.15, 0.2) is 72.9 Å². The van der Waals surface area contributed by atoms with Gasteiger partial charge in [0.1, 0.15) is 35.2 Å². The Bertz CT molecular complexity index is 1570. The van der Waals surface area contributed by atoms with Crippen molar-refractivity contribution in [2.45, 2.75) is 45.4 Å². The van der Waals surface area contributed by atoms with Crippen LogP contribution in [0.2, 0.25) is 0 Å². The summed E-state index contributed by atoms with van der Waals surface area (Å²) in [6, 6.07) is 16.9. The molecule has 0 saturated heterocycles. The van der Waals surface area contributed by atoms with Crippen LogP contribution in [0.1, 0.15) is 53.0 Å². The monoisotopic (exact) mass is 540 g/mol. The van der Waals surface area contributed by atoms with Gasteiger partial charge < -0.3 is 14.6 Å². The van der Waals surface area contributed by atoms with Crippen LogP contribution in [-0.2, 0) is 19.6 Å². The smallest absolute Gasteiger partial charge is 0.269 e. The lowest BCUT2D eigenvalue weighted by Crippen LogP contribution is -2.32. The highest BCUT2D eigenvalue weighted by Crippen LogP contribution is 2.40. The number of rotatable bonds is 9. The van der Waals surface area contributed by atoms with Gasteiger partial charge in [0.25, 0.3) is 5.69 Å². The van der Waals surface area contributed by atoms with Crippen molar-refractivity contribution in [1.82, 2.24) is 15.0 Å². The van der Waals surface area contributed by atoms with Crippen molar-refractivity contribution in [2.24, 2.45) is 0 Å². The summed E-state index contributed by atoms with van der Waals surface area (Å²) in [6.07, 6.45) is 6.29. The second-order valence-electron chi connectivity index (χ2n) is 10.2. The molecule has 0 bridgehead atoms. The quantitative estimate of drug-likeness (QED) is 0.127. The molecule has 0 amide bonds. The highest BCUT2D eigenvalue weighted by atomic mass is 16.6. The maximum Gasteiger partial charge on any atom is 0.269 e. The standard InChI is InChI=1S/C30H28N4O6/c1-30(2)16-15-26-28(40-30)14-12-25(29(26)36)27(35)13-7-20-5-10-24(11-6-20)39-19-22-18-33(32-31-22)17-21-3-8-23(9-4-21)34(37)38/h3-14,18,36H,15-17,19H2,1-2H3/b13-7+. The molecule has 0 saturated carbocycles. The molecule has 0 radical (unpaired) electrons. The average molecular weight is 541 g/mol. The largest absolute Gasteiger partial charge is 0.507 e. The predicted octanol–water partition coefficient (Wildman–Crippen LogP) is 5.52. The minimum absolute atomic E-state index is 0.0175. The number of hydrogen-bond donors (Lipinski definition) is 1. The minimum atomic E-state index is -0.435. The maximum atomic E-state index is 12.8. The van der Waals surface area contributed by atoms with Crippen LogP contribution in [0.25, 0.3) is 6.08 Å². The first-order chi connectivity index (χ1) is 19.2. The van der Waals surface area contributed by atoms with E-state index in [4.69, 9.17) is 9.47 Å². The molecule has 0 unspecified atom stereocenters. The number of carbonyl (C=O) groups is 1. The lowest BCUT2D eigenvalue weighted by atomic mass is 9.91. The Labute approximate surface area is 230 Å². The molecule has 0 fully saturated rings. The number of aromatic hydroxyl groups is 1. The average Bonchev–Trinajstić information content (AvgIpc) is 3.38. The molecule has 0 atom stereocenters. The number of ketones is 1. The van der Waals surface area contributed by atoms with Gasteiger partial charge in [-0.3, -0.25) is 14.9 Å². The zero-order valence-corrected chi connectivity index (χ0v) is 22.1. The van der Waals surface area contributed by atoms with Crippen LogP contribution in [0.5, 0.6) is 17.2 Å². The number of phenols is 1. The van der Waals surface area contributed by atoms with E-state index in [0.717, 1.165) is 17.5 Å². The first kappa shape index (κ1) is 26.6. The van der Waals surface area contributed by atoms with E-state index in [1.165, 1.54) is 18.2 Å². The van der Waals surface area contributed by atoms with E-state index in [-0.39, 0.29) is 35.0 Å². The number of phenolic OH excluding ortho intramolecular Hbond substituents is 1. The van der Waals surface area contributed by atoms with E-state index < -0.39 is 4.92 Å². The van der Waals surface area contributed by atoms with Crippen molar-refractivity contribution in [3.63, 3.8) is 0 Å². The van der Waals surface area contributed by atoms with E-state index in [2.05, 4.69) is 10.3 Å². The molecule has 204 valence electrons. The Balaban J connectivity index is 1.15. The van der Waals surface area contributed by atoms with Crippen molar-refractivity contribution in [3.8, 4) is 17.2 Å².